The molecule has 4 nitrogen and oxygen atoms in total. The molecule has 1 amide bonds. The van der Waals surface area contributed by atoms with Crippen LogP contribution in [0.1, 0.15) is 16.1 Å². The van der Waals surface area contributed by atoms with Gasteiger partial charge in [0.2, 0.25) is 0 Å². The van der Waals surface area contributed by atoms with E-state index in [1.807, 2.05) is 37.4 Å². The first-order valence-corrected chi connectivity index (χ1v) is 6.61. The van der Waals surface area contributed by atoms with E-state index < -0.39 is 0 Å². The van der Waals surface area contributed by atoms with Crippen LogP contribution in [0.3, 0.4) is 0 Å². The van der Waals surface area contributed by atoms with E-state index in [2.05, 4.69) is 10.3 Å². The Kier molecular flexibility index (Phi) is 4.58. The van der Waals surface area contributed by atoms with E-state index in [1.165, 1.54) is 0 Å². The molecule has 0 fully saturated rings. The Morgan fingerprint density at radius 1 is 1.25 bits per heavy atom. The number of hydrogen-bond acceptors (Lipinski definition) is 3. The number of hydrogen-bond donors (Lipinski definition) is 1. The molecule has 0 spiro atoms. The van der Waals surface area contributed by atoms with Gasteiger partial charge >= 0.3 is 0 Å². The van der Waals surface area contributed by atoms with E-state index in [0.29, 0.717) is 17.3 Å². The Balaban J connectivity index is 2.05. The molecule has 1 N–H and O–H groups in total. The highest BCUT2D eigenvalue weighted by molar-refractivity contribution is 6.30. The second-order valence-corrected chi connectivity index (χ2v) is 4.91. The number of pyridine rings is 1. The van der Waals surface area contributed by atoms with Crippen molar-refractivity contribution in [2.75, 3.05) is 19.4 Å². The molecule has 0 radical (unpaired) electrons. The molecule has 2 aromatic rings. The van der Waals surface area contributed by atoms with Crippen LogP contribution in [0.5, 0.6) is 0 Å². The smallest absolute Gasteiger partial charge is 0.272 e. The number of nitrogens with zero attached hydrogens (tertiary/aromatic N) is 2. The lowest BCUT2D eigenvalue weighted by molar-refractivity contribution is 0.0779. The van der Waals surface area contributed by atoms with Crippen molar-refractivity contribution in [3.8, 4) is 0 Å². The summed E-state index contributed by atoms with van der Waals surface area (Å²) in [7, 11) is 3.57. The van der Waals surface area contributed by atoms with Gasteiger partial charge in [-0.2, -0.15) is 0 Å². The summed E-state index contributed by atoms with van der Waals surface area (Å²) in [6.45, 7) is 0.519. The average molecular weight is 290 g/mol. The zero-order valence-electron chi connectivity index (χ0n) is 11.4. The number of carbonyl (C=O) groups excluding carboxylic acids is 1. The molecule has 0 saturated heterocycles. The molecule has 1 aromatic heterocycles. The minimum atomic E-state index is -0.109. The maximum Gasteiger partial charge on any atom is 0.272 e. The van der Waals surface area contributed by atoms with Gasteiger partial charge in [-0.05, 0) is 29.8 Å². The molecule has 0 unspecified atom stereocenters. The molecule has 0 atom stereocenters. The Morgan fingerprint density at radius 2 is 1.95 bits per heavy atom. The van der Waals surface area contributed by atoms with E-state index in [0.717, 1.165) is 11.3 Å². The molecule has 5 heteroatoms. The summed E-state index contributed by atoms with van der Waals surface area (Å²) in [5.41, 5.74) is 2.33. The summed E-state index contributed by atoms with van der Waals surface area (Å²) in [5, 5.41) is 3.65. The van der Waals surface area contributed by atoms with Crippen LogP contribution in [-0.4, -0.2) is 29.9 Å². The zero-order valence-corrected chi connectivity index (χ0v) is 12.2. The van der Waals surface area contributed by atoms with Gasteiger partial charge in [-0.1, -0.05) is 23.7 Å². The summed E-state index contributed by atoms with van der Waals surface area (Å²) in [5.74, 6) is -0.109. The van der Waals surface area contributed by atoms with E-state index in [9.17, 15) is 4.79 Å². The van der Waals surface area contributed by atoms with Crippen LogP contribution in [0.25, 0.3) is 0 Å². The lowest BCUT2D eigenvalue weighted by Crippen LogP contribution is -2.26. The SMILES string of the molecule is CNc1ccc(C(=O)N(C)Cc2ccc(Cl)cc2)nc1. The monoisotopic (exact) mass is 289 g/mol. The van der Waals surface area contributed by atoms with E-state index in [-0.39, 0.29) is 5.91 Å². The predicted octanol–water partition coefficient (Wildman–Crippen LogP) is 3.05. The van der Waals surface area contributed by atoms with E-state index in [1.54, 1.807) is 24.2 Å². The Bertz CT molecular complexity index is 581. The van der Waals surface area contributed by atoms with Gasteiger partial charge in [0.05, 0.1) is 11.9 Å². The quantitative estimate of drug-likeness (QED) is 0.941. The Hall–Kier alpha value is -2.07. The Labute approximate surface area is 123 Å². The molecule has 0 aliphatic carbocycles. The first-order valence-electron chi connectivity index (χ1n) is 6.24. The third-order valence-corrected chi connectivity index (χ3v) is 3.20. The largest absolute Gasteiger partial charge is 0.387 e. The molecular formula is C15H16ClN3O. The lowest BCUT2D eigenvalue weighted by atomic mass is 10.2. The van der Waals surface area contributed by atoms with Gasteiger partial charge < -0.3 is 10.2 Å². The lowest BCUT2D eigenvalue weighted by Gasteiger charge is -2.17. The van der Waals surface area contributed by atoms with Gasteiger partial charge in [0.1, 0.15) is 5.69 Å². The summed E-state index contributed by atoms with van der Waals surface area (Å²) < 4.78 is 0. The molecule has 0 aliphatic heterocycles. The van der Waals surface area contributed by atoms with Crippen molar-refractivity contribution < 1.29 is 4.79 Å². The number of carbonyl (C=O) groups is 1. The van der Waals surface area contributed by atoms with E-state index >= 15 is 0 Å². The van der Waals surface area contributed by atoms with Crippen molar-refractivity contribution in [1.29, 1.82) is 0 Å². The van der Waals surface area contributed by atoms with Gasteiger partial charge in [0.25, 0.3) is 5.91 Å². The third kappa shape index (κ3) is 3.48. The van der Waals surface area contributed by atoms with Crippen LogP contribution in [-0.2, 0) is 6.54 Å². The van der Waals surface area contributed by atoms with Crippen molar-refractivity contribution >= 4 is 23.2 Å². The summed E-state index contributed by atoms with van der Waals surface area (Å²) in [6, 6.07) is 11.0. The first-order chi connectivity index (χ1) is 9.60. The zero-order chi connectivity index (χ0) is 14.5. The van der Waals surface area contributed by atoms with Gasteiger partial charge in [0, 0.05) is 25.7 Å². The second kappa shape index (κ2) is 6.39. The Morgan fingerprint density at radius 3 is 2.50 bits per heavy atom. The number of benzene rings is 1. The number of nitrogens with one attached hydrogen (secondary N) is 1. The van der Waals surface area contributed by atoms with Crippen molar-refractivity contribution in [3.63, 3.8) is 0 Å². The maximum absolute atomic E-state index is 12.2. The van der Waals surface area contributed by atoms with Gasteiger partial charge in [-0.25, -0.2) is 4.98 Å². The number of amides is 1. The molecule has 0 bridgehead atoms. The van der Waals surface area contributed by atoms with Crippen LogP contribution in [0.4, 0.5) is 5.69 Å². The molecule has 2 rings (SSSR count). The van der Waals surface area contributed by atoms with Gasteiger partial charge in [-0.15, -0.1) is 0 Å². The van der Waals surface area contributed by atoms with Crippen molar-refractivity contribution in [3.05, 3.63) is 58.9 Å². The molecule has 0 aliphatic rings. The molecule has 1 aromatic carbocycles. The highest BCUT2D eigenvalue weighted by atomic mass is 35.5. The molecule has 0 saturated carbocycles. The summed E-state index contributed by atoms with van der Waals surface area (Å²) >= 11 is 5.84. The fourth-order valence-electron chi connectivity index (χ4n) is 1.80. The third-order valence-electron chi connectivity index (χ3n) is 2.95. The van der Waals surface area contributed by atoms with Crippen LogP contribution in [0, 0.1) is 0 Å². The van der Waals surface area contributed by atoms with Crippen molar-refractivity contribution in [1.82, 2.24) is 9.88 Å². The van der Waals surface area contributed by atoms with Crippen LogP contribution < -0.4 is 5.32 Å². The fourth-order valence-corrected chi connectivity index (χ4v) is 1.93. The number of halogens is 1. The topological polar surface area (TPSA) is 45.2 Å². The normalized spacial score (nSPS) is 10.2. The summed E-state index contributed by atoms with van der Waals surface area (Å²) in [4.78, 5) is 18.0. The first kappa shape index (κ1) is 14.3. The maximum atomic E-state index is 12.2. The minimum Gasteiger partial charge on any atom is -0.387 e. The predicted molar refractivity (Wildman–Crippen MR) is 81.0 cm³/mol. The standard InChI is InChI=1S/C15H16ClN3O/c1-17-13-7-8-14(18-9-13)15(20)19(2)10-11-3-5-12(16)6-4-11/h3-9,17H,10H2,1-2H3. The molecule has 20 heavy (non-hydrogen) atoms. The van der Waals surface area contributed by atoms with Crippen molar-refractivity contribution in [2.24, 2.45) is 0 Å². The highest BCUT2D eigenvalue weighted by Crippen LogP contribution is 2.12. The fraction of sp³-hybridized carbons (Fsp3) is 0.200. The van der Waals surface area contributed by atoms with Crippen molar-refractivity contribution in [2.45, 2.75) is 6.54 Å². The minimum absolute atomic E-state index is 0.109. The van der Waals surface area contributed by atoms with Crippen LogP contribution in [0.15, 0.2) is 42.6 Å². The second-order valence-electron chi connectivity index (χ2n) is 4.47. The van der Waals surface area contributed by atoms with E-state index in [4.69, 9.17) is 11.6 Å². The summed E-state index contributed by atoms with van der Waals surface area (Å²) in [6.07, 6.45) is 1.64. The number of aromatic nitrogens is 1. The highest BCUT2D eigenvalue weighted by Gasteiger charge is 2.13. The van der Waals surface area contributed by atoms with Gasteiger partial charge in [0.15, 0.2) is 0 Å². The van der Waals surface area contributed by atoms with Crippen LogP contribution in [0.2, 0.25) is 5.02 Å². The molecule has 1 heterocycles. The number of rotatable bonds is 4. The average Bonchev–Trinajstić information content (AvgIpc) is 2.49. The van der Waals surface area contributed by atoms with Gasteiger partial charge in [-0.3, -0.25) is 4.79 Å². The van der Waals surface area contributed by atoms with Crippen LogP contribution >= 0.6 is 11.6 Å². The number of anilines is 1. The molecule has 104 valence electrons. The molecular weight excluding hydrogens is 274 g/mol.